The predicted molar refractivity (Wildman–Crippen MR) is 119 cm³/mol. The molecule has 5 nitrogen and oxygen atoms in total. The van der Waals surface area contributed by atoms with Gasteiger partial charge < -0.3 is 14.8 Å². The van der Waals surface area contributed by atoms with Crippen LogP contribution in [0, 0.1) is 0 Å². The van der Waals surface area contributed by atoms with Crippen LogP contribution in [0.4, 0.5) is 5.69 Å². The zero-order valence-electron chi connectivity index (χ0n) is 15.9. The molecule has 1 N–H and O–H groups in total. The lowest BCUT2D eigenvalue weighted by atomic mass is 9.94. The second kappa shape index (κ2) is 9.59. The number of nitrogens with zero attached hydrogens (tertiary/aromatic N) is 1. The Bertz CT molecular complexity index is 950. The molecule has 152 valence electrons. The van der Waals surface area contributed by atoms with E-state index in [2.05, 4.69) is 5.32 Å². The van der Waals surface area contributed by atoms with Crippen molar-refractivity contribution < 1.29 is 14.3 Å². The number of anilines is 1. The minimum atomic E-state index is -0.521. The number of hydrogen-bond donors (Lipinski definition) is 1. The largest absolute Gasteiger partial charge is 0.460 e. The van der Waals surface area contributed by atoms with E-state index in [1.54, 1.807) is 19.2 Å². The van der Waals surface area contributed by atoms with Crippen LogP contribution in [0.25, 0.3) is 0 Å². The molecule has 0 radical (unpaired) electrons. The van der Waals surface area contributed by atoms with Gasteiger partial charge in [0, 0.05) is 18.5 Å². The SMILES string of the molecule is COCCOC(=O)C1=C(C)N(c2ccccc2)C(=S)NC1c1ccc(Cl)c(Cl)c1. The standard InChI is InChI=1S/C21H20Cl2N2O3S/c1-13-18(20(26)28-11-10-27-2)19(14-8-9-16(22)17(23)12-14)24-21(29)25(13)15-6-4-3-5-7-15/h3-9,12,19H,10-11H2,1-2H3,(H,24,29). The first-order valence-electron chi connectivity index (χ1n) is 8.91. The molecule has 0 saturated heterocycles. The van der Waals surface area contributed by atoms with Gasteiger partial charge in [0.15, 0.2) is 5.11 Å². The van der Waals surface area contributed by atoms with Gasteiger partial charge in [0.25, 0.3) is 0 Å². The number of thiocarbonyl (C=S) groups is 1. The Morgan fingerprint density at radius 2 is 1.86 bits per heavy atom. The van der Waals surface area contributed by atoms with E-state index in [1.807, 2.05) is 48.2 Å². The second-order valence-electron chi connectivity index (χ2n) is 6.35. The van der Waals surface area contributed by atoms with Crippen molar-refractivity contribution in [2.75, 3.05) is 25.2 Å². The molecule has 0 spiro atoms. The number of allylic oxidation sites excluding steroid dienone is 1. The average Bonchev–Trinajstić information content (AvgIpc) is 2.70. The third-order valence-corrected chi connectivity index (χ3v) is 5.56. The molecule has 0 aliphatic carbocycles. The van der Waals surface area contributed by atoms with Gasteiger partial charge in [0.2, 0.25) is 0 Å². The van der Waals surface area contributed by atoms with Crippen molar-refractivity contribution >= 4 is 52.2 Å². The summed E-state index contributed by atoms with van der Waals surface area (Å²) in [6, 6.07) is 14.3. The summed E-state index contributed by atoms with van der Waals surface area (Å²) in [4.78, 5) is 14.8. The lowest BCUT2D eigenvalue weighted by Gasteiger charge is -2.37. The molecule has 1 aliphatic heterocycles. The summed E-state index contributed by atoms with van der Waals surface area (Å²) in [6.45, 7) is 2.30. The summed E-state index contributed by atoms with van der Waals surface area (Å²) in [5.74, 6) is -0.452. The number of benzene rings is 2. The van der Waals surface area contributed by atoms with E-state index in [4.69, 9.17) is 44.9 Å². The summed E-state index contributed by atoms with van der Waals surface area (Å²) in [6.07, 6.45) is 0. The molecule has 1 aliphatic rings. The third kappa shape index (κ3) is 4.73. The number of methoxy groups -OCH3 is 1. The Morgan fingerprint density at radius 1 is 1.14 bits per heavy atom. The van der Waals surface area contributed by atoms with Gasteiger partial charge in [-0.3, -0.25) is 4.90 Å². The Balaban J connectivity index is 2.07. The summed E-state index contributed by atoms with van der Waals surface area (Å²) < 4.78 is 10.4. The molecular weight excluding hydrogens is 431 g/mol. The van der Waals surface area contributed by atoms with Gasteiger partial charge in [-0.1, -0.05) is 47.5 Å². The molecule has 1 atom stereocenters. The molecule has 8 heteroatoms. The number of halogens is 2. The molecule has 0 aromatic heterocycles. The maximum atomic E-state index is 13.0. The van der Waals surface area contributed by atoms with Crippen molar-refractivity contribution in [3.8, 4) is 0 Å². The van der Waals surface area contributed by atoms with Gasteiger partial charge >= 0.3 is 5.97 Å². The van der Waals surface area contributed by atoms with Crippen LogP contribution in [0.1, 0.15) is 18.5 Å². The number of nitrogens with one attached hydrogen (secondary N) is 1. The van der Waals surface area contributed by atoms with Crippen LogP contribution in [0.3, 0.4) is 0 Å². The Kier molecular flexibility index (Phi) is 7.14. The van der Waals surface area contributed by atoms with E-state index >= 15 is 0 Å². The number of esters is 1. The van der Waals surface area contributed by atoms with Crippen molar-refractivity contribution in [2.24, 2.45) is 0 Å². The average molecular weight is 451 g/mol. The van der Waals surface area contributed by atoms with Crippen LogP contribution in [-0.4, -0.2) is 31.4 Å². The van der Waals surface area contributed by atoms with E-state index in [1.165, 1.54) is 0 Å². The predicted octanol–water partition coefficient (Wildman–Crippen LogP) is 4.89. The molecule has 0 fully saturated rings. The Hall–Kier alpha value is -2.12. The van der Waals surface area contributed by atoms with Gasteiger partial charge in [-0.05, 0) is 49.0 Å². The Morgan fingerprint density at radius 3 is 2.52 bits per heavy atom. The molecule has 2 aromatic rings. The molecule has 0 bridgehead atoms. The van der Waals surface area contributed by atoms with Crippen LogP contribution in [-0.2, 0) is 14.3 Å². The number of hydrogen-bond acceptors (Lipinski definition) is 4. The second-order valence-corrected chi connectivity index (χ2v) is 7.56. The zero-order chi connectivity index (χ0) is 21.0. The summed E-state index contributed by atoms with van der Waals surface area (Å²) in [5, 5.41) is 4.55. The molecule has 1 heterocycles. The quantitative estimate of drug-likeness (QED) is 0.383. The van der Waals surface area contributed by atoms with E-state index < -0.39 is 12.0 Å². The van der Waals surface area contributed by atoms with E-state index in [0.29, 0.717) is 33.0 Å². The van der Waals surface area contributed by atoms with Gasteiger partial charge in [0.05, 0.1) is 28.3 Å². The normalized spacial score (nSPS) is 16.6. The van der Waals surface area contributed by atoms with Crippen molar-refractivity contribution in [1.82, 2.24) is 5.32 Å². The number of rotatable bonds is 6. The fourth-order valence-corrected chi connectivity index (χ4v) is 3.80. The number of carbonyl (C=O) groups excluding carboxylic acids is 1. The van der Waals surface area contributed by atoms with Crippen molar-refractivity contribution in [1.29, 1.82) is 0 Å². The minimum Gasteiger partial charge on any atom is -0.460 e. The molecule has 3 rings (SSSR count). The first-order valence-corrected chi connectivity index (χ1v) is 10.1. The van der Waals surface area contributed by atoms with Crippen molar-refractivity contribution in [2.45, 2.75) is 13.0 Å². The van der Waals surface area contributed by atoms with Gasteiger partial charge in [-0.15, -0.1) is 0 Å². The van der Waals surface area contributed by atoms with Crippen LogP contribution in [0.5, 0.6) is 0 Å². The highest BCUT2D eigenvalue weighted by Gasteiger charge is 2.35. The fraction of sp³-hybridized carbons (Fsp3) is 0.238. The van der Waals surface area contributed by atoms with Gasteiger partial charge in [-0.2, -0.15) is 0 Å². The van der Waals surface area contributed by atoms with Gasteiger partial charge in [0.1, 0.15) is 6.61 Å². The van der Waals surface area contributed by atoms with E-state index in [0.717, 1.165) is 11.3 Å². The number of carbonyl (C=O) groups is 1. The molecule has 0 saturated carbocycles. The highest BCUT2D eigenvalue weighted by Crippen LogP contribution is 2.36. The first kappa shape index (κ1) is 21.6. The lowest BCUT2D eigenvalue weighted by molar-refractivity contribution is -0.140. The lowest BCUT2D eigenvalue weighted by Crippen LogP contribution is -2.48. The fourth-order valence-electron chi connectivity index (χ4n) is 3.13. The number of ether oxygens (including phenoxy) is 2. The van der Waals surface area contributed by atoms with E-state index in [9.17, 15) is 4.79 Å². The summed E-state index contributed by atoms with van der Waals surface area (Å²) in [5.41, 5.74) is 2.72. The smallest absolute Gasteiger partial charge is 0.338 e. The molecule has 0 amide bonds. The maximum absolute atomic E-state index is 13.0. The Labute approximate surface area is 185 Å². The van der Waals surface area contributed by atoms with E-state index in [-0.39, 0.29) is 6.61 Å². The van der Waals surface area contributed by atoms with Gasteiger partial charge in [-0.25, -0.2) is 4.79 Å². The number of para-hydroxylation sites is 1. The van der Waals surface area contributed by atoms with Crippen LogP contribution in [0.2, 0.25) is 10.0 Å². The first-order chi connectivity index (χ1) is 13.9. The highest BCUT2D eigenvalue weighted by atomic mass is 35.5. The van der Waals surface area contributed by atoms with Crippen molar-refractivity contribution in [3.63, 3.8) is 0 Å². The monoisotopic (exact) mass is 450 g/mol. The molecular formula is C21H20Cl2N2O3S. The minimum absolute atomic E-state index is 0.149. The van der Waals surface area contributed by atoms with Crippen LogP contribution < -0.4 is 10.2 Å². The topological polar surface area (TPSA) is 50.8 Å². The molecule has 29 heavy (non-hydrogen) atoms. The van der Waals surface area contributed by atoms with Crippen LogP contribution in [0.15, 0.2) is 59.8 Å². The molecule has 2 aromatic carbocycles. The summed E-state index contributed by atoms with van der Waals surface area (Å²) >= 11 is 17.9. The van der Waals surface area contributed by atoms with Crippen LogP contribution >= 0.6 is 35.4 Å². The third-order valence-electron chi connectivity index (χ3n) is 4.52. The highest BCUT2D eigenvalue weighted by molar-refractivity contribution is 7.80. The summed E-state index contributed by atoms with van der Waals surface area (Å²) in [7, 11) is 1.55. The maximum Gasteiger partial charge on any atom is 0.338 e. The molecule has 1 unspecified atom stereocenters. The zero-order valence-corrected chi connectivity index (χ0v) is 18.3. The van der Waals surface area contributed by atoms with Crippen molar-refractivity contribution in [3.05, 3.63) is 75.4 Å².